The molecule has 5 aliphatic rings. The van der Waals surface area contributed by atoms with Gasteiger partial charge in [0.1, 0.15) is 11.4 Å². The molecular weight excluding hydrogens is 664 g/mol. The van der Waals surface area contributed by atoms with Crippen LogP contribution in [0.1, 0.15) is 80.1 Å². The van der Waals surface area contributed by atoms with Crippen LogP contribution in [0.4, 0.5) is 16.2 Å². The summed E-state index contributed by atoms with van der Waals surface area (Å²) in [5, 5.41) is 3.30. The van der Waals surface area contributed by atoms with E-state index in [0.29, 0.717) is 49.7 Å². The first-order chi connectivity index (χ1) is 24.7. The van der Waals surface area contributed by atoms with Crippen LogP contribution in [-0.2, 0) is 28.6 Å². The maximum absolute atomic E-state index is 14.7. The van der Waals surface area contributed by atoms with E-state index >= 15 is 0 Å². The highest BCUT2D eigenvalue weighted by atomic mass is 16.6. The molecule has 0 radical (unpaired) electrons. The summed E-state index contributed by atoms with van der Waals surface area (Å²) in [5.41, 5.74) is -0.960. The first-order valence-electron chi connectivity index (χ1n) is 18.9. The number of amides is 4. The number of nitrogens with one attached hydrogen (secondary N) is 1. The van der Waals surface area contributed by atoms with E-state index in [0.717, 1.165) is 25.7 Å². The molecule has 0 spiro atoms. The zero-order valence-electron chi connectivity index (χ0n) is 31.8. The molecule has 1 N–H and O–H groups in total. The minimum Gasteiger partial charge on any atom is -0.476 e. The van der Waals surface area contributed by atoms with Crippen LogP contribution in [0.25, 0.3) is 0 Å². The van der Waals surface area contributed by atoms with E-state index in [1.165, 1.54) is 4.90 Å². The van der Waals surface area contributed by atoms with Crippen molar-refractivity contribution in [3.8, 4) is 5.75 Å². The van der Waals surface area contributed by atoms with E-state index < -0.39 is 34.7 Å². The topological polar surface area (TPSA) is 127 Å². The van der Waals surface area contributed by atoms with Gasteiger partial charge in [-0.2, -0.15) is 0 Å². The molecular formula is C40H56N4O8. The van der Waals surface area contributed by atoms with Crippen molar-refractivity contribution in [2.75, 3.05) is 49.8 Å². The Labute approximate surface area is 307 Å². The van der Waals surface area contributed by atoms with Crippen LogP contribution in [0.5, 0.6) is 5.75 Å². The molecule has 0 aromatic heterocycles. The highest BCUT2D eigenvalue weighted by molar-refractivity contribution is 6.04. The molecule has 4 amide bonds. The molecule has 3 aliphatic carbocycles. The Bertz CT molecular complexity index is 1600. The second-order valence-corrected chi connectivity index (χ2v) is 16.3. The number of hydrogen-bond donors (Lipinski definition) is 1. The van der Waals surface area contributed by atoms with Gasteiger partial charge in [0.15, 0.2) is 5.60 Å². The Hall–Kier alpha value is -3.90. The first kappa shape index (κ1) is 37.8. The van der Waals surface area contributed by atoms with Crippen LogP contribution in [0.15, 0.2) is 42.5 Å². The molecule has 2 saturated carbocycles. The molecule has 12 nitrogen and oxygen atoms in total. The molecule has 12 heteroatoms. The maximum Gasteiger partial charge on any atom is 0.410 e. The molecule has 2 heterocycles. The smallest absolute Gasteiger partial charge is 0.410 e. The monoisotopic (exact) mass is 720 g/mol. The van der Waals surface area contributed by atoms with Crippen molar-refractivity contribution in [1.82, 2.24) is 10.2 Å². The van der Waals surface area contributed by atoms with Gasteiger partial charge in [-0.05, 0) is 98.3 Å². The highest BCUT2D eigenvalue weighted by Crippen LogP contribution is 2.45. The van der Waals surface area contributed by atoms with Crippen LogP contribution in [0, 0.1) is 17.8 Å². The number of allylic oxidation sites excluding steroid dienone is 2. The number of piperidine rings is 1. The van der Waals surface area contributed by atoms with E-state index in [-0.39, 0.29) is 48.8 Å². The van der Waals surface area contributed by atoms with E-state index in [4.69, 9.17) is 18.9 Å². The third kappa shape index (κ3) is 7.88. The van der Waals surface area contributed by atoms with Crippen molar-refractivity contribution < 1.29 is 38.1 Å². The van der Waals surface area contributed by atoms with Crippen molar-refractivity contribution in [2.45, 2.75) is 109 Å². The summed E-state index contributed by atoms with van der Waals surface area (Å²) < 4.78 is 23.4. The third-order valence-electron chi connectivity index (χ3n) is 10.7. The first-order valence-corrected chi connectivity index (χ1v) is 18.9. The highest BCUT2D eigenvalue weighted by Gasteiger charge is 2.49. The number of hydrogen-bond acceptors (Lipinski definition) is 8. The van der Waals surface area contributed by atoms with Crippen molar-refractivity contribution in [1.29, 1.82) is 0 Å². The molecule has 6 rings (SSSR count). The number of rotatable bonds is 11. The molecule has 0 bridgehead atoms. The molecule has 5 atom stereocenters. The Kier molecular flexibility index (Phi) is 10.8. The number of benzene rings is 1. The number of carbonyl (C=O) groups is 4. The van der Waals surface area contributed by atoms with Gasteiger partial charge in [-0.1, -0.05) is 24.3 Å². The summed E-state index contributed by atoms with van der Waals surface area (Å²) >= 11 is 0. The Morgan fingerprint density at radius 2 is 1.83 bits per heavy atom. The largest absolute Gasteiger partial charge is 0.476 e. The van der Waals surface area contributed by atoms with Crippen molar-refractivity contribution >= 4 is 35.2 Å². The second-order valence-electron chi connectivity index (χ2n) is 16.3. The van der Waals surface area contributed by atoms with Crippen LogP contribution >= 0.6 is 0 Å². The lowest BCUT2D eigenvalue weighted by Gasteiger charge is -2.41. The molecule has 2 aliphatic heterocycles. The summed E-state index contributed by atoms with van der Waals surface area (Å²) in [7, 11) is 1.63. The van der Waals surface area contributed by atoms with E-state index in [9.17, 15) is 19.2 Å². The van der Waals surface area contributed by atoms with Crippen LogP contribution in [-0.4, -0.2) is 97.6 Å². The van der Waals surface area contributed by atoms with Crippen molar-refractivity contribution in [3.63, 3.8) is 0 Å². The van der Waals surface area contributed by atoms with E-state index in [1.807, 2.05) is 42.2 Å². The number of ether oxygens (including phenoxy) is 4. The summed E-state index contributed by atoms with van der Waals surface area (Å²) in [6.45, 7) is 12.7. The lowest BCUT2D eigenvalue weighted by atomic mass is 9.84. The SMILES string of the molecule is CCOC12C=CC=CC1[C@H](NC(=O)[C@H]1C[C@@H](C(=O)N(c3ccc4c(c3)N(CCCOC)C(=O)C(C)(C)O4)C3CC3)CN(C(=O)OC(C)(C)C)C1)CC2. The Balaban J connectivity index is 1.26. The molecule has 1 saturated heterocycles. The fraction of sp³-hybridized carbons (Fsp3) is 0.650. The van der Waals surface area contributed by atoms with Gasteiger partial charge in [-0.25, -0.2) is 4.79 Å². The van der Waals surface area contributed by atoms with E-state index in [1.54, 1.807) is 46.6 Å². The van der Waals surface area contributed by atoms with Gasteiger partial charge in [0.2, 0.25) is 11.8 Å². The van der Waals surface area contributed by atoms with Gasteiger partial charge >= 0.3 is 6.09 Å². The minimum absolute atomic E-state index is 0.00533. The van der Waals surface area contributed by atoms with Gasteiger partial charge in [0.05, 0.1) is 23.1 Å². The number of likely N-dealkylation sites (tertiary alicyclic amines) is 1. The summed E-state index contributed by atoms with van der Waals surface area (Å²) in [6.07, 6.45) is 11.8. The van der Waals surface area contributed by atoms with Crippen molar-refractivity contribution in [3.05, 3.63) is 42.5 Å². The van der Waals surface area contributed by atoms with Gasteiger partial charge < -0.3 is 39.0 Å². The average Bonchev–Trinajstić information content (AvgIpc) is 3.87. The standard InChI is InChI=1S/C40H56N4O8/c1-8-50-40-18-10-9-12-30(40)31(17-19-40)41-34(45)26-22-27(25-42(24-26)37(48)52-38(2,3)4)35(46)44(28-13-14-28)29-15-16-33-32(23-29)43(20-11-21-49-7)36(47)39(5,6)51-33/h9-10,12,15-16,18,23,26-28,30-31H,8,11,13-14,17,19-22,24-25H2,1-7H3,(H,41,45)/t26-,27+,30?,31+,40?/m0/s1. The minimum atomic E-state index is -1.04. The molecule has 2 unspecified atom stereocenters. The quantitative estimate of drug-likeness (QED) is 0.302. The van der Waals surface area contributed by atoms with Gasteiger partial charge in [-0.15, -0.1) is 0 Å². The molecule has 3 fully saturated rings. The number of nitrogens with zero attached hydrogens (tertiary/aromatic N) is 3. The molecule has 1 aromatic rings. The Morgan fingerprint density at radius 1 is 1.08 bits per heavy atom. The normalized spacial score (nSPS) is 27.8. The van der Waals surface area contributed by atoms with Gasteiger partial charge in [0.25, 0.3) is 5.91 Å². The molecule has 284 valence electrons. The summed E-state index contributed by atoms with van der Waals surface area (Å²) in [4.78, 5) is 61.0. The third-order valence-corrected chi connectivity index (χ3v) is 10.7. The van der Waals surface area contributed by atoms with Gasteiger partial charge in [0, 0.05) is 63.6 Å². The number of methoxy groups -OCH3 is 1. The zero-order chi connectivity index (χ0) is 37.4. The van der Waals surface area contributed by atoms with E-state index in [2.05, 4.69) is 17.5 Å². The van der Waals surface area contributed by atoms with Gasteiger partial charge in [-0.3, -0.25) is 14.4 Å². The predicted molar refractivity (Wildman–Crippen MR) is 197 cm³/mol. The number of carbonyl (C=O) groups excluding carboxylic acids is 4. The fourth-order valence-corrected chi connectivity index (χ4v) is 8.20. The summed E-state index contributed by atoms with van der Waals surface area (Å²) in [5.74, 6) is -1.19. The molecule has 1 aromatic carbocycles. The lowest BCUT2D eigenvalue weighted by molar-refractivity contribution is -0.133. The predicted octanol–water partition coefficient (Wildman–Crippen LogP) is 5.39. The van der Waals surface area contributed by atoms with Crippen molar-refractivity contribution in [2.24, 2.45) is 17.8 Å². The molecule has 52 heavy (non-hydrogen) atoms. The average molecular weight is 721 g/mol. The van der Waals surface area contributed by atoms with Crippen LogP contribution in [0.2, 0.25) is 0 Å². The zero-order valence-corrected chi connectivity index (χ0v) is 31.8. The lowest BCUT2D eigenvalue weighted by Crippen LogP contribution is -2.55. The maximum atomic E-state index is 14.7. The van der Waals surface area contributed by atoms with Crippen LogP contribution in [0.3, 0.4) is 0 Å². The number of fused-ring (bicyclic) bond motifs is 2. The fourth-order valence-electron chi connectivity index (χ4n) is 8.20. The second kappa shape index (κ2) is 14.9. The Morgan fingerprint density at radius 3 is 2.52 bits per heavy atom. The van der Waals surface area contributed by atoms with Crippen LogP contribution < -0.4 is 19.9 Å². The summed E-state index contributed by atoms with van der Waals surface area (Å²) in [6, 6.07) is 5.40. The number of anilines is 2.